The summed E-state index contributed by atoms with van der Waals surface area (Å²) in [6.45, 7) is 2.48. The summed E-state index contributed by atoms with van der Waals surface area (Å²) in [5, 5.41) is 6.24. The molecule has 1 atom stereocenters. The number of ether oxygens (including phenoxy) is 1. The molecular formula is C40H44N10O7S. The fourth-order valence-corrected chi connectivity index (χ4v) is 8.97. The Labute approximate surface area is 338 Å². The van der Waals surface area contributed by atoms with Gasteiger partial charge in [-0.2, -0.15) is 4.98 Å². The number of carbonyl (C=O) groups is 6. The summed E-state index contributed by atoms with van der Waals surface area (Å²) in [7, 11) is 3.51. The van der Waals surface area contributed by atoms with Crippen molar-refractivity contribution >= 4 is 75.7 Å². The quantitative estimate of drug-likeness (QED) is 0.121. The maximum Gasteiger partial charge on any atom is 0.270 e. The van der Waals surface area contributed by atoms with Crippen molar-refractivity contribution < 1.29 is 33.5 Å². The zero-order valence-corrected chi connectivity index (χ0v) is 33.1. The monoisotopic (exact) mass is 808 g/mol. The number of hydrogen-bond donors (Lipinski definition) is 2. The van der Waals surface area contributed by atoms with E-state index in [1.807, 2.05) is 18.2 Å². The van der Waals surface area contributed by atoms with E-state index in [-0.39, 0.29) is 55.0 Å². The highest BCUT2D eigenvalue weighted by Crippen LogP contribution is 2.36. The number of piperidine rings is 1. The number of rotatable bonds is 12. The highest BCUT2D eigenvalue weighted by molar-refractivity contribution is 7.99. The third kappa shape index (κ3) is 7.72. The molecule has 3 aliphatic heterocycles. The van der Waals surface area contributed by atoms with E-state index in [0.29, 0.717) is 54.3 Å². The average molecular weight is 809 g/mol. The largest absolute Gasteiger partial charge is 0.371 e. The van der Waals surface area contributed by atoms with Crippen LogP contribution in [0.4, 0.5) is 17.5 Å². The van der Waals surface area contributed by atoms with Crippen molar-refractivity contribution in [1.29, 1.82) is 0 Å². The topological polar surface area (TPSA) is 192 Å². The second-order valence-corrected chi connectivity index (χ2v) is 16.1. The van der Waals surface area contributed by atoms with Gasteiger partial charge in [0.05, 0.1) is 29.6 Å². The number of pyridine rings is 1. The molecule has 2 N–H and O–H groups in total. The number of anilines is 3. The molecule has 58 heavy (non-hydrogen) atoms. The summed E-state index contributed by atoms with van der Waals surface area (Å²) < 4.78 is 7.79. The van der Waals surface area contributed by atoms with E-state index in [4.69, 9.17) is 9.72 Å². The van der Waals surface area contributed by atoms with Crippen LogP contribution in [0.15, 0.2) is 53.7 Å². The van der Waals surface area contributed by atoms with E-state index >= 15 is 0 Å². The van der Waals surface area contributed by atoms with Crippen LogP contribution in [-0.2, 0) is 19.1 Å². The number of carbonyl (C=O) groups excluding carboxylic acids is 6. The summed E-state index contributed by atoms with van der Waals surface area (Å²) in [6, 6.07) is 9.90. The highest BCUT2D eigenvalue weighted by atomic mass is 32.2. The van der Waals surface area contributed by atoms with Crippen LogP contribution in [0.25, 0.3) is 11.0 Å². The fraction of sp³-hybridized carbons (Fsp3) is 0.425. The molecule has 3 fully saturated rings. The smallest absolute Gasteiger partial charge is 0.270 e. The third-order valence-electron chi connectivity index (χ3n) is 11.0. The first-order valence-corrected chi connectivity index (χ1v) is 20.5. The van der Waals surface area contributed by atoms with Crippen LogP contribution < -0.4 is 15.5 Å². The molecule has 1 unspecified atom stereocenters. The minimum atomic E-state index is -1.03. The molecule has 302 valence electrons. The van der Waals surface area contributed by atoms with Gasteiger partial charge >= 0.3 is 0 Å². The molecule has 1 saturated carbocycles. The number of amides is 6. The number of imide groups is 2. The van der Waals surface area contributed by atoms with Crippen LogP contribution in [-0.4, -0.2) is 135 Å². The second kappa shape index (κ2) is 16.5. The Morgan fingerprint density at radius 3 is 2.48 bits per heavy atom. The Balaban J connectivity index is 0.798. The van der Waals surface area contributed by atoms with Gasteiger partial charge in [0, 0.05) is 75.0 Å². The van der Waals surface area contributed by atoms with Gasteiger partial charge in [0.25, 0.3) is 17.7 Å². The van der Waals surface area contributed by atoms with Crippen LogP contribution in [0.5, 0.6) is 0 Å². The molecular weight excluding hydrogens is 765 g/mol. The number of fused-ring (bicyclic) bond motifs is 2. The zero-order valence-electron chi connectivity index (χ0n) is 32.3. The molecule has 0 spiro atoms. The van der Waals surface area contributed by atoms with Crippen molar-refractivity contribution in [3.8, 4) is 0 Å². The number of piperazine rings is 1. The van der Waals surface area contributed by atoms with Gasteiger partial charge in [-0.1, -0.05) is 18.9 Å². The van der Waals surface area contributed by atoms with Crippen LogP contribution in [0, 0.1) is 0 Å². The molecule has 0 radical (unpaired) electrons. The minimum absolute atomic E-state index is 0.0531. The number of nitrogens with one attached hydrogen (secondary N) is 2. The molecule has 4 aromatic rings. The standard InChI is InChI=1S/C40H44N10O7S/c1-46(2)38(55)29-20-24-21-42-40(45-35(24)49(29)25-6-3-4-7-25)43-31-12-10-26(22-41-31)47-14-16-48(17-15-47)33(52)23-57-18-19-58-30-9-5-8-27-34(30)39(56)50(37(27)54)28-11-13-32(51)44-36(28)53/h5,8-10,12,20-22,25,28H,3-4,6-7,11,13-19,23H2,1-2H3,(H,44,51,53)(H,41,42,43,45). The second-order valence-electron chi connectivity index (χ2n) is 14.9. The maximum atomic E-state index is 13.3. The Kier molecular flexibility index (Phi) is 11.1. The van der Waals surface area contributed by atoms with E-state index < -0.39 is 29.7 Å². The first kappa shape index (κ1) is 39.0. The lowest BCUT2D eigenvalue weighted by atomic mass is 10.0. The third-order valence-corrected chi connectivity index (χ3v) is 12.0. The molecule has 4 aliphatic rings. The molecule has 6 amide bonds. The van der Waals surface area contributed by atoms with Crippen molar-refractivity contribution in [1.82, 2.24) is 39.5 Å². The molecule has 6 heterocycles. The van der Waals surface area contributed by atoms with Crippen molar-refractivity contribution in [2.45, 2.75) is 55.5 Å². The van der Waals surface area contributed by atoms with Crippen molar-refractivity contribution in [2.75, 3.05) is 69.5 Å². The molecule has 1 aromatic carbocycles. The van der Waals surface area contributed by atoms with E-state index in [1.165, 1.54) is 11.8 Å². The van der Waals surface area contributed by atoms with Crippen molar-refractivity contribution in [2.24, 2.45) is 0 Å². The Morgan fingerprint density at radius 1 is 0.966 bits per heavy atom. The van der Waals surface area contributed by atoms with E-state index in [2.05, 4.69) is 30.1 Å². The van der Waals surface area contributed by atoms with Gasteiger partial charge in [-0.3, -0.25) is 39.0 Å². The predicted molar refractivity (Wildman–Crippen MR) is 214 cm³/mol. The summed E-state index contributed by atoms with van der Waals surface area (Å²) >= 11 is 1.33. The van der Waals surface area contributed by atoms with Crippen LogP contribution in [0.2, 0.25) is 0 Å². The Hall–Kier alpha value is -5.88. The summed E-state index contributed by atoms with van der Waals surface area (Å²) in [5.74, 6) is -0.938. The van der Waals surface area contributed by atoms with Gasteiger partial charge in [0.1, 0.15) is 29.8 Å². The normalized spacial score (nSPS) is 18.6. The van der Waals surface area contributed by atoms with Crippen molar-refractivity contribution in [3.05, 3.63) is 65.6 Å². The zero-order chi connectivity index (χ0) is 40.5. The molecule has 8 rings (SSSR count). The average Bonchev–Trinajstić information content (AvgIpc) is 3.95. The fourth-order valence-electron chi connectivity index (χ4n) is 8.04. The van der Waals surface area contributed by atoms with Gasteiger partial charge < -0.3 is 29.3 Å². The van der Waals surface area contributed by atoms with Crippen molar-refractivity contribution in [3.63, 3.8) is 0 Å². The van der Waals surface area contributed by atoms with Gasteiger partial charge in [-0.15, -0.1) is 11.8 Å². The number of nitrogens with zero attached hydrogens (tertiary/aromatic N) is 8. The highest BCUT2D eigenvalue weighted by Gasteiger charge is 2.45. The number of aromatic nitrogens is 4. The molecule has 17 nitrogen and oxygen atoms in total. The SMILES string of the molecule is CN(C)C(=O)c1cc2cnc(Nc3ccc(N4CCN(C(=O)COCCSc5cccc6c5C(=O)N(C5CCC(=O)NC5=O)C6=O)CC4)cn3)nc2n1C1CCCC1. The first-order valence-electron chi connectivity index (χ1n) is 19.5. The molecule has 1 aliphatic carbocycles. The summed E-state index contributed by atoms with van der Waals surface area (Å²) in [4.78, 5) is 97.5. The van der Waals surface area contributed by atoms with Crippen LogP contribution in [0.1, 0.15) is 75.8 Å². The number of thioether (sulfide) groups is 1. The molecule has 0 bridgehead atoms. The number of hydrogen-bond acceptors (Lipinski definition) is 13. The minimum Gasteiger partial charge on any atom is -0.371 e. The summed E-state index contributed by atoms with van der Waals surface area (Å²) in [5.41, 5.74) is 2.75. The summed E-state index contributed by atoms with van der Waals surface area (Å²) in [6.07, 6.45) is 7.93. The van der Waals surface area contributed by atoms with E-state index in [9.17, 15) is 28.8 Å². The van der Waals surface area contributed by atoms with Crippen LogP contribution in [0.3, 0.4) is 0 Å². The lowest BCUT2D eigenvalue weighted by Crippen LogP contribution is -2.54. The van der Waals surface area contributed by atoms with Gasteiger partial charge in [-0.25, -0.2) is 9.97 Å². The number of benzene rings is 1. The maximum absolute atomic E-state index is 13.3. The molecule has 18 heteroatoms. The Bertz CT molecular complexity index is 2280. The van der Waals surface area contributed by atoms with Gasteiger partial charge in [0.15, 0.2) is 0 Å². The van der Waals surface area contributed by atoms with Gasteiger partial charge in [-0.05, 0) is 49.6 Å². The van der Waals surface area contributed by atoms with Crippen LogP contribution >= 0.6 is 11.8 Å². The lowest BCUT2D eigenvalue weighted by molar-refractivity contribution is -0.137. The Morgan fingerprint density at radius 2 is 1.76 bits per heavy atom. The van der Waals surface area contributed by atoms with Gasteiger partial charge in [0.2, 0.25) is 23.7 Å². The lowest BCUT2D eigenvalue weighted by Gasteiger charge is -2.36. The molecule has 3 aromatic heterocycles. The first-order chi connectivity index (χ1) is 28.1. The molecule has 2 saturated heterocycles. The predicted octanol–water partition coefficient (Wildman–Crippen LogP) is 3.25. The van der Waals surface area contributed by atoms with E-state index in [0.717, 1.165) is 47.3 Å². The van der Waals surface area contributed by atoms with E-state index in [1.54, 1.807) is 54.5 Å².